The highest BCUT2D eigenvalue weighted by Gasteiger charge is 2.34. The summed E-state index contributed by atoms with van der Waals surface area (Å²) in [7, 11) is 1.61. The summed E-state index contributed by atoms with van der Waals surface area (Å²) in [5.74, 6) is -0.0928. The number of likely N-dealkylation sites (N-methyl/N-ethyl adjacent to an activating group) is 1. The van der Waals surface area contributed by atoms with Gasteiger partial charge in [-0.3, -0.25) is 4.79 Å². The number of piperazine rings is 1. The Balaban J connectivity index is 2.04. The Labute approximate surface area is 101 Å². The van der Waals surface area contributed by atoms with E-state index < -0.39 is 0 Å². The molecule has 0 aliphatic carbocycles. The van der Waals surface area contributed by atoms with Crippen molar-refractivity contribution in [1.29, 1.82) is 0 Å². The van der Waals surface area contributed by atoms with Crippen molar-refractivity contribution >= 4 is 11.9 Å². The lowest BCUT2D eigenvalue weighted by Crippen LogP contribution is -2.61. The lowest BCUT2D eigenvalue weighted by Gasteiger charge is -2.37. The number of carbonyl (C=O) groups excluding carboxylic acids is 2. The van der Waals surface area contributed by atoms with Crippen LogP contribution in [0.2, 0.25) is 0 Å². The molecular weight excluding hydrogens is 220 g/mol. The zero-order valence-electron chi connectivity index (χ0n) is 10.2. The number of nitrogens with zero attached hydrogens (tertiary/aromatic N) is 2. The molecule has 2 N–H and O–H groups in total. The Morgan fingerprint density at radius 2 is 1.94 bits per heavy atom. The van der Waals surface area contributed by atoms with Gasteiger partial charge in [-0.15, -0.1) is 0 Å². The molecule has 6 nitrogen and oxygen atoms in total. The zero-order chi connectivity index (χ0) is 12.3. The Morgan fingerprint density at radius 1 is 1.24 bits per heavy atom. The summed E-state index contributed by atoms with van der Waals surface area (Å²) in [6.07, 6.45) is 2.14. The molecule has 0 aromatic carbocycles. The van der Waals surface area contributed by atoms with Crippen LogP contribution < -0.4 is 10.6 Å². The minimum Gasteiger partial charge on any atom is -0.357 e. The van der Waals surface area contributed by atoms with E-state index >= 15 is 0 Å². The van der Waals surface area contributed by atoms with E-state index in [1.807, 2.05) is 4.90 Å². The van der Waals surface area contributed by atoms with Crippen molar-refractivity contribution in [2.24, 2.45) is 0 Å². The second-order valence-electron chi connectivity index (χ2n) is 4.50. The molecule has 2 fully saturated rings. The first-order chi connectivity index (χ1) is 8.24. The van der Waals surface area contributed by atoms with Crippen LogP contribution in [0.15, 0.2) is 0 Å². The minimum atomic E-state index is -0.373. The molecule has 2 aliphatic heterocycles. The van der Waals surface area contributed by atoms with Crippen LogP contribution in [0.5, 0.6) is 0 Å². The third-order valence-electron chi connectivity index (χ3n) is 3.41. The molecule has 0 saturated carbocycles. The fourth-order valence-electron chi connectivity index (χ4n) is 2.42. The molecule has 2 aliphatic rings. The van der Waals surface area contributed by atoms with Gasteiger partial charge in [0.15, 0.2) is 0 Å². The van der Waals surface area contributed by atoms with E-state index in [4.69, 9.17) is 0 Å². The van der Waals surface area contributed by atoms with E-state index in [0.29, 0.717) is 13.1 Å². The largest absolute Gasteiger partial charge is 0.357 e. The van der Waals surface area contributed by atoms with Gasteiger partial charge in [-0.1, -0.05) is 0 Å². The van der Waals surface area contributed by atoms with E-state index in [-0.39, 0.29) is 18.0 Å². The predicted molar refractivity (Wildman–Crippen MR) is 63.6 cm³/mol. The van der Waals surface area contributed by atoms with Gasteiger partial charge in [0.05, 0.1) is 0 Å². The maximum atomic E-state index is 12.3. The van der Waals surface area contributed by atoms with Gasteiger partial charge in [-0.05, 0) is 12.8 Å². The molecular formula is C11H20N4O2. The van der Waals surface area contributed by atoms with Crippen LogP contribution in [-0.2, 0) is 4.79 Å². The monoisotopic (exact) mass is 240 g/mol. The van der Waals surface area contributed by atoms with Gasteiger partial charge in [0, 0.05) is 39.8 Å². The number of rotatable bonds is 1. The van der Waals surface area contributed by atoms with E-state index in [2.05, 4.69) is 10.6 Å². The molecule has 17 heavy (non-hydrogen) atoms. The second kappa shape index (κ2) is 5.35. The van der Waals surface area contributed by atoms with Crippen LogP contribution in [0.4, 0.5) is 4.79 Å². The minimum absolute atomic E-state index is 0.0117. The Hall–Kier alpha value is -1.30. The van der Waals surface area contributed by atoms with E-state index in [1.165, 1.54) is 0 Å². The fourth-order valence-corrected chi connectivity index (χ4v) is 2.42. The van der Waals surface area contributed by atoms with Gasteiger partial charge in [-0.25, -0.2) is 4.79 Å². The molecule has 1 atom stereocenters. The van der Waals surface area contributed by atoms with Crippen molar-refractivity contribution in [3.8, 4) is 0 Å². The van der Waals surface area contributed by atoms with Crippen LogP contribution in [0.3, 0.4) is 0 Å². The maximum absolute atomic E-state index is 12.3. The first-order valence-electron chi connectivity index (χ1n) is 6.22. The molecule has 0 spiro atoms. The van der Waals surface area contributed by atoms with Crippen molar-refractivity contribution < 1.29 is 9.59 Å². The molecule has 0 aromatic heterocycles. The second-order valence-corrected chi connectivity index (χ2v) is 4.50. The van der Waals surface area contributed by atoms with Gasteiger partial charge in [0.2, 0.25) is 5.91 Å². The molecule has 2 rings (SSSR count). The summed E-state index contributed by atoms with van der Waals surface area (Å²) in [6.45, 7) is 3.55. The van der Waals surface area contributed by atoms with Gasteiger partial charge < -0.3 is 20.4 Å². The highest BCUT2D eigenvalue weighted by atomic mass is 16.2. The van der Waals surface area contributed by atoms with E-state index in [9.17, 15) is 9.59 Å². The quantitative estimate of drug-likeness (QED) is 0.632. The molecule has 0 aromatic rings. The Morgan fingerprint density at radius 3 is 2.59 bits per heavy atom. The van der Waals surface area contributed by atoms with E-state index in [0.717, 1.165) is 32.5 Å². The molecule has 2 saturated heterocycles. The van der Waals surface area contributed by atoms with Gasteiger partial charge in [0.1, 0.15) is 6.04 Å². The summed E-state index contributed by atoms with van der Waals surface area (Å²) in [6, 6.07) is -0.362. The summed E-state index contributed by atoms with van der Waals surface area (Å²) in [4.78, 5) is 27.6. The van der Waals surface area contributed by atoms with Crippen molar-refractivity contribution in [1.82, 2.24) is 20.4 Å². The topological polar surface area (TPSA) is 64.7 Å². The molecule has 0 bridgehead atoms. The average Bonchev–Trinajstić information content (AvgIpc) is 2.91. The maximum Gasteiger partial charge on any atom is 0.320 e. The van der Waals surface area contributed by atoms with Crippen LogP contribution in [0, 0.1) is 0 Å². The summed E-state index contributed by atoms with van der Waals surface area (Å²) < 4.78 is 0. The molecule has 1 unspecified atom stereocenters. The Bertz CT molecular complexity index is 302. The van der Waals surface area contributed by atoms with Crippen LogP contribution >= 0.6 is 0 Å². The highest BCUT2D eigenvalue weighted by molar-refractivity contribution is 5.87. The molecule has 96 valence electrons. The fraction of sp³-hybridized carbons (Fsp3) is 0.818. The first-order valence-corrected chi connectivity index (χ1v) is 6.22. The van der Waals surface area contributed by atoms with Crippen molar-refractivity contribution in [3.05, 3.63) is 0 Å². The normalized spacial score (nSPS) is 24.9. The number of likely N-dealkylation sites (tertiary alicyclic amines) is 1. The van der Waals surface area contributed by atoms with Gasteiger partial charge in [0.25, 0.3) is 0 Å². The standard InChI is InChI=1S/C11H20N4O2/c1-12-10(16)9-8-13-4-7-15(9)11(17)14-5-2-3-6-14/h9,13H,2-8H2,1H3,(H,12,16). The number of carbonyl (C=O) groups is 2. The van der Waals surface area contributed by atoms with E-state index in [1.54, 1.807) is 11.9 Å². The summed E-state index contributed by atoms with van der Waals surface area (Å²) >= 11 is 0. The highest BCUT2D eigenvalue weighted by Crippen LogP contribution is 2.13. The molecule has 6 heteroatoms. The summed E-state index contributed by atoms with van der Waals surface area (Å²) in [5.41, 5.74) is 0. The number of hydrogen-bond donors (Lipinski definition) is 2. The molecule has 0 radical (unpaired) electrons. The average molecular weight is 240 g/mol. The molecule has 3 amide bonds. The third kappa shape index (κ3) is 2.52. The van der Waals surface area contributed by atoms with Crippen molar-refractivity contribution in [3.63, 3.8) is 0 Å². The summed E-state index contributed by atoms with van der Waals surface area (Å²) in [5, 5.41) is 5.77. The van der Waals surface area contributed by atoms with Crippen LogP contribution in [0.25, 0.3) is 0 Å². The number of amides is 3. The number of urea groups is 1. The zero-order valence-corrected chi connectivity index (χ0v) is 10.2. The van der Waals surface area contributed by atoms with Crippen molar-refractivity contribution in [2.45, 2.75) is 18.9 Å². The van der Waals surface area contributed by atoms with Crippen LogP contribution in [-0.4, -0.2) is 67.6 Å². The smallest absolute Gasteiger partial charge is 0.320 e. The lowest BCUT2D eigenvalue weighted by molar-refractivity contribution is -0.125. The lowest BCUT2D eigenvalue weighted by atomic mass is 10.2. The first kappa shape index (κ1) is 12.2. The SMILES string of the molecule is CNC(=O)C1CNCCN1C(=O)N1CCCC1. The van der Waals surface area contributed by atoms with Gasteiger partial charge in [-0.2, -0.15) is 0 Å². The third-order valence-corrected chi connectivity index (χ3v) is 3.41. The predicted octanol–water partition coefficient (Wildman–Crippen LogP) is -0.778. The number of hydrogen-bond acceptors (Lipinski definition) is 3. The Kier molecular flexibility index (Phi) is 3.83. The van der Waals surface area contributed by atoms with Crippen molar-refractivity contribution in [2.75, 3.05) is 39.8 Å². The van der Waals surface area contributed by atoms with Crippen LogP contribution in [0.1, 0.15) is 12.8 Å². The number of nitrogens with one attached hydrogen (secondary N) is 2. The van der Waals surface area contributed by atoms with Gasteiger partial charge >= 0.3 is 6.03 Å². The molecule has 2 heterocycles.